The minimum atomic E-state index is -0.326. The molecule has 0 atom stereocenters. The Labute approximate surface area is 155 Å². The first kappa shape index (κ1) is 22.0. The standard InChI is InChI=1S/3C6H6O2.Fe/c3*7-5-3-1-2-4-6(5)8;/h3*1-4,7-8H;/q;;;+3/p-3. The topological polar surface area (TPSA) is 130 Å². The maximum Gasteiger partial charge on any atom is 3.00 e. The molecular weight excluding hydrogens is 368 g/mol. The summed E-state index contributed by atoms with van der Waals surface area (Å²) in [6, 6.07) is 17.6. The third-order valence-corrected chi connectivity index (χ3v) is 2.60. The van der Waals surface area contributed by atoms with Gasteiger partial charge in [0.1, 0.15) is 17.2 Å². The summed E-state index contributed by atoms with van der Waals surface area (Å²) in [7, 11) is 0. The van der Waals surface area contributed by atoms with Crippen LogP contribution < -0.4 is 15.3 Å². The average Bonchev–Trinajstić information content (AvgIpc) is 2.57. The molecule has 0 saturated heterocycles. The van der Waals surface area contributed by atoms with E-state index < -0.39 is 0 Å². The summed E-state index contributed by atoms with van der Waals surface area (Å²) in [4.78, 5) is 0. The second-order valence-electron chi connectivity index (χ2n) is 4.40. The summed E-state index contributed by atoms with van der Waals surface area (Å²) in [5.74, 6) is -1.54. The van der Waals surface area contributed by atoms with Crippen molar-refractivity contribution in [2.75, 3.05) is 0 Å². The largest absolute Gasteiger partial charge is 3.00 e. The predicted octanol–water partition coefficient (Wildman–Crippen LogP) is 1.39. The molecule has 0 saturated carbocycles. The van der Waals surface area contributed by atoms with Crippen molar-refractivity contribution in [3.05, 3.63) is 72.8 Å². The van der Waals surface area contributed by atoms with E-state index in [0.29, 0.717) is 0 Å². The summed E-state index contributed by atoms with van der Waals surface area (Å²) in [6.07, 6.45) is 0. The van der Waals surface area contributed by atoms with Gasteiger partial charge in [-0.25, -0.2) is 0 Å². The van der Waals surface area contributed by atoms with Crippen molar-refractivity contribution in [1.29, 1.82) is 0 Å². The third kappa shape index (κ3) is 8.41. The van der Waals surface area contributed by atoms with Crippen molar-refractivity contribution < 1.29 is 47.7 Å². The van der Waals surface area contributed by atoms with Gasteiger partial charge in [0, 0.05) is 0 Å². The fourth-order valence-electron chi connectivity index (χ4n) is 1.37. The van der Waals surface area contributed by atoms with Gasteiger partial charge in [0.2, 0.25) is 0 Å². The molecule has 0 heterocycles. The predicted molar refractivity (Wildman–Crippen MR) is 82.7 cm³/mol. The monoisotopic (exact) mass is 383 g/mol. The summed E-state index contributed by atoms with van der Waals surface area (Å²) in [5, 5.41) is 56.9. The number of aromatic hydroxyl groups is 3. The molecule has 3 N–H and O–H groups in total. The minimum Gasteiger partial charge on any atom is -0.870 e. The number of phenols is 3. The van der Waals surface area contributed by atoms with Crippen LogP contribution in [0.5, 0.6) is 34.5 Å². The summed E-state index contributed by atoms with van der Waals surface area (Å²) in [6.45, 7) is 0. The first-order chi connectivity index (χ1) is 11.4. The normalized spacial score (nSPS) is 8.64. The molecule has 6 nitrogen and oxygen atoms in total. The molecule has 0 aliphatic rings. The van der Waals surface area contributed by atoms with E-state index in [9.17, 15) is 15.3 Å². The van der Waals surface area contributed by atoms with E-state index in [2.05, 4.69) is 0 Å². The van der Waals surface area contributed by atoms with E-state index in [1.165, 1.54) is 36.4 Å². The summed E-state index contributed by atoms with van der Waals surface area (Å²) < 4.78 is 0. The molecule has 25 heavy (non-hydrogen) atoms. The molecular formula is C18H15FeO6. The van der Waals surface area contributed by atoms with Crippen LogP contribution in [0.1, 0.15) is 0 Å². The Morgan fingerprint density at radius 3 is 0.760 bits per heavy atom. The van der Waals surface area contributed by atoms with Gasteiger partial charge in [-0.05, 0) is 18.2 Å². The van der Waals surface area contributed by atoms with E-state index in [1.807, 2.05) is 0 Å². The van der Waals surface area contributed by atoms with Gasteiger partial charge >= 0.3 is 17.1 Å². The van der Waals surface area contributed by atoms with Crippen molar-refractivity contribution in [3.63, 3.8) is 0 Å². The fraction of sp³-hybridized carbons (Fsp3) is 0. The Morgan fingerprint density at radius 2 is 0.640 bits per heavy atom. The maximum absolute atomic E-state index is 10.4. The Hall–Kier alpha value is -3.02. The second-order valence-corrected chi connectivity index (χ2v) is 4.40. The van der Waals surface area contributed by atoms with Crippen molar-refractivity contribution in [2.24, 2.45) is 0 Å². The van der Waals surface area contributed by atoms with Gasteiger partial charge in [-0.15, -0.1) is 0 Å². The molecule has 0 aliphatic carbocycles. The molecule has 0 spiro atoms. The molecule has 1 radical (unpaired) electrons. The Kier molecular flexibility index (Phi) is 10.1. The molecule has 3 aromatic rings. The van der Waals surface area contributed by atoms with E-state index in [1.54, 1.807) is 36.4 Å². The molecule has 3 rings (SSSR count). The van der Waals surface area contributed by atoms with Crippen LogP contribution in [0.3, 0.4) is 0 Å². The zero-order valence-corrected chi connectivity index (χ0v) is 14.0. The van der Waals surface area contributed by atoms with E-state index in [-0.39, 0.29) is 51.6 Å². The van der Waals surface area contributed by atoms with Gasteiger partial charge < -0.3 is 30.6 Å². The van der Waals surface area contributed by atoms with Crippen LogP contribution in [0.25, 0.3) is 0 Å². The smallest absolute Gasteiger partial charge is 0.870 e. The van der Waals surface area contributed by atoms with E-state index in [4.69, 9.17) is 15.3 Å². The molecule has 3 aromatic carbocycles. The number of hydrogen-bond donors (Lipinski definition) is 3. The summed E-state index contributed by atoms with van der Waals surface area (Å²) in [5.41, 5.74) is 0. The van der Waals surface area contributed by atoms with Gasteiger partial charge in [-0.2, -0.15) is 0 Å². The molecule has 0 amide bonds. The quantitative estimate of drug-likeness (QED) is 0.503. The first-order valence-corrected chi connectivity index (χ1v) is 6.77. The molecule has 0 unspecified atom stereocenters. The number of phenolic OH excluding ortho intramolecular Hbond substituents is 3. The molecule has 131 valence electrons. The second kappa shape index (κ2) is 11.5. The maximum atomic E-state index is 10.4. The van der Waals surface area contributed by atoms with Crippen molar-refractivity contribution >= 4 is 0 Å². The van der Waals surface area contributed by atoms with Crippen LogP contribution in [0, 0.1) is 0 Å². The fourth-order valence-corrected chi connectivity index (χ4v) is 1.37. The zero-order valence-electron chi connectivity index (χ0n) is 12.8. The van der Waals surface area contributed by atoms with Crippen molar-refractivity contribution in [1.82, 2.24) is 0 Å². The number of hydrogen-bond acceptors (Lipinski definition) is 6. The van der Waals surface area contributed by atoms with E-state index in [0.717, 1.165) is 0 Å². The number of benzene rings is 3. The van der Waals surface area contributed by atoms with Crippen LogP contribution >= 0.6 is 0 Å². The molecule has 7 heteroatoms. The minimum absolute atomic E-state index is 0. The van der Waals surface area contributed by atoms with Crippen LogP contribution in [0.2, 0.25) is 0 Å². The van der Waals surface area contributed by atoms with Crippen LogP contribution in [0.15, 0.2) is 72.8 Å². The number of rotatable bonds is 0. The molecule has 0 bridgehead atoms. The number of para-hydroxylation sites is 6. The Morgan fingerprint density at radius 1 is 0.440 bits per heavy atom. The van der Waals surface area contributed by atoms with Gasteiger partial charge in [-0.3, -0.25) is 0 Å². The molecule has 0 fully saturated rings. The van der Waals surface area contributed by atoms with Crippen LogP contribution in [0.4, 0.5) is 0 Å². The average molecular weight is 383 g/mol. The SMILES string of the molecule is [Fe+3].[O-]c1ccccc1O.[O-]c1ccccc1O.[O-]c1ccccc1O. The van der Waals surface area contributed by atoms with E-state index >= 15 is 0 Å². The van der Waals surface area contributed by atoms with Gasteiger partial charge in [0.25, 0.3) is 0 Å². The Bertz CT molecular complexity index is 597. The van der Waals surface area contributed by atoms with Crippen LogP contribution in [-0.4, -0.2) is 15.3 Å². The van der Waals surface area contributed by atoms with Gasteiger partial charge in [0.15, 0.2) is 0 Å². The summed E-state index contributed by atoms with van der Waals surface area (Å²) >= 11 is 0. The van der Waals surface area contributed by atoms with Gasteiger partial charge in [0.05, 0.1) is 0 Å². The first-order valence-electron chi connectivity index (χ1n) is 6.77. The Balaban J connectivity index is 0.000000339. The third-order valence-electron chi connectivity index (χ3n) is 2.60. The zero-order chi connectivity index (χ0) is 17.9. The van der Waals surface area contributed by atoms with Gasteiger partial charge in [-0.1, -0.05) is 71.8 Å². The molecule has 0 aromatic heterocycles. The van der Waals surface area contributed by atoms with Crippen molar-refractivity contribution in [3.8, 4) is 34.5 Å². The van der Waals surface area contributed by atoms with Crippen molar-refractivity contribution in [2.45, 2.75) is 0 Å². The van der Waals surface area contributed by atoms with Crippen LogP contribution in [-0.2, 0) is 17.1 Å². The molecule has 0 aliphatic heterocycles.